The number of aliphatic hydroxyl groups excluding tert-OH is 4. The van der Waals surface area contributed by atoms with Crippen LogP contribution in [-0.4, -0.2) is 57.3 Å². The number of hydrogen-bond acceptors (Lipinski definition) is 5. The largest absolute Gasteiger partial charge is 0.394 e. The first-order valence-corrected chi connectivity index (χ1v) is 29.9. The fourth-order valence-electron chi connectivity index (χ4n) is 9.37. The van der Waals surface area contributed by atoms with Crippen LogP contribution < -0.4 is 5.32 Å². The van der Waals surface area contributed by atoms with E-state index < -0.39 is 36.9 Å². The summed E-state index contributed by atoms with van der Waals surface area (Å²) in [5.41, 5.74) is 0. The van der Waals surface area contributed by atoms with E-state index in [1.807, 2.05) is 0 Å². The predicted octanol–water partition coefficient (Wildman–Crippen LogP) is 17.6. The average molecular weight is 945 g/mol. The molecule has 0 aliphatic heterocycles. The smallest absolute Gasteiger partial charge is 0.249 e. The van der Waals surface area contributed by atoms with Crippen molar-refractivity contribution in [3.05, 3.63) is 36.5 Å². The summed E-state index contributed by atoms with van der Waals surface area (Å²) in [6.07, 6.45) is 69.6. The predicted molar refractivity (Wildman–Crippen MR) is 293 cm³/mol. The molecule has 0 saturated carbocycles. The van der Waals surface area contributed by atoms with E-state index in [4.69, 9.17) is 0 Å². The van der Waals surface area contributed by atoms with Gasteiger partial charge in [-0.05, 0) is 57.8 Å². The van der Waals surface area contributed by atoms with Crippen LogP contribution in [0.1, 0.15) is 316 Å². The van der Waals surface area contributed by atoms with Gasteiger partial charge in [0.15, 0.2) is 0 Å². The highest BCUT2D eigenvalue weighted by atomic mass is 16.3. The van der Waals surface area contributed by atoms with Crippen LogP contribution in [0.25, 0.3) is 0 Å². The maximum absolute atomic E-state index is 12.6. The molecule has 4 atom stereocenters. The number of unbranched alkanes of at least 4 members (excludes halogenated alkanes) is 40. The zero-order chi connectivity index (χ0) is 48.8. The fourth-order valence-corrected chi connectivity index (χ4v) is 9.37. The maximum Gasteiger partial charge on any atom is 0.249 e. The highest BCUT2D eigenvalue weighted by Crippen LogP contribution is 2.18. The zero-order valence-electron chi connectivity index (χ0n) is 44.9. The Labute approximate surface area is 417 Å². The van der Waals surface area contributed by atoms with E-state index in [1.165, 1.54) is 231 Å². The lowest BCUT2D eigenvalue weighted by molar-refractivity contribution is -0.132. The van der Waals surface area contributed by atoms with Crippen LogP contribution in [0.2, 0.25) is 0 Å². The Balaban J connectivity index is 3.52. The van der Waals surface area contributed by atoms with Gasteiger partial charge in [-0.2, -0.15) is 0 Å². The van der Waals surface area contributed by atoms with Crippen molar-refractivity contribution in [3.8, 4) is 0 Å². The number of amides is 1. The molecule has 0 heterocycles. The van der Waals surface area contributed by atoms with Gasteiger partial charge >= 0.3 is 0 Å². The van der Waals surface area contributed by atoms with E-state index in [1.54, 1.807) is 0 Å². The normalized spacial score (nSPS) is 13.9. The lowest BCUT2D eigenvalue weighted by atomic mass is 10.00. The SMILES string of the molecule is CCCC/C=C/CC/C=C/CC/C=C/CCCC(O)C(O)C(CO)NC(=O)C(O)CCCCCCCCCCCCCCCCCCCCCCCCCCCCCCCCCCCCCC. The van der Waals surface area contributed by atoms with Crippen molar-refractivity contribution in [3.63, 3.8) is 0 Å². The second kappa shape index (κ2) is 55.5. The molecule has 0 aliphatic carbocycles. The van der Waals surface area contributed by atoms with Gasteiger partial charge in [-0.25, -0.2) is 0 Å². The van der Waals surface area contributed by atoms with E-state index in [-0.39, 0.29) is 0 Å². The second-order valence-electron chi connectivity index (χ2n) is 20.7. The molecule has 1 amide bonds. The summed E-state index contributed by atoms with van der Waals surface area (Å²) in [6.45, 7) is 4.02. The molecule has 6 heteroatoms. The molecular formula is C61H117NO5. The van der Waals surface area contributed by atoms with Crippen molar-refractivity contribution in [1.29, 1.82) is 0 Å². The van der Waals surface area contributed by atoms with Crippen molar-refractivity contribution in [1.82, 2.24) is 5.32 Å². The molecule has 0 saturated heterocycles. The minimum absolute atomic E-state index is 0.362. The summed E-state index contributed by atoms with van der Waals surface area (Å²) in [4.78, 5) is 12.6. The maximum atomic E-state index is 12.6. The molecule has 5 N–H and O–H groups in total. The molecule has 0 aliphatic rings. The minimum atomic E-state index is -1.29. The quantitative estimate of drug-likeness (QED) is 0.0308. The first-order valence-electron chi connectivity index (χ1n) is 29.9. The van der Waals surface area contributed by atoms with Gasteiger partial charge in [0.1, 0.15) is 12.2 Å². The van der Waals surface area contributed by atoms with Gasteiger partial charge < -0.3 is 25.7 Å². The van der Waals surface area contributed by atoms with Crippen molar-refractivity contribution >= 4 is 5.91 Å². The minimum Gasteiger partial charge on any atom is -0.394 e. The summed E-state index contributed by atoms with van der Waals surface area (Å²) < 4.78 is 0. The summed E-state index contributed by atoms with van der Waals surface area (Å²) in [5, 5.41) is 43.9. The van der Waals surface area contributed by atoms with Gasteiger partial charge in [-0.15, -0.1) is 0 Å². The van der Waals surface area contributed by atoms with Gasteiger partial charge in [-0.3, -0.25) is 4.79 Å². The molecule has 0 fully saturated rings. The second-order valence-corrected chi connectivity index (χ2v) is 20.7. The van der Waals surface area contributed by atoms with E-state index in [0.717, 1.165) is 51.4 Å². The van der Waals surface area contributed by atoms with Crippen LogP contribution in [0, 0.1) is 0 Å². The van der Waals surface area contributed by atoms with Crippen molar-refractivity contribution in [2.45, 2.75) is 340 Å². The molecule has 4 unspecified atom stereocenters. The third-order valence-corrected chi connectivity index (χ3v) is 14.1. The molecule has 0 rings (SSSR count). The highest BCUT2D eigenvalue weighted by Gasteiger charge is 2.28. The molecule has 0 aromatic carbocycles. The van der Waals surface area contributed by atoms with Crippen molar-refractivity contribution < 1.29 is 25.2 Å². The number of allylic oxidation sites excluding steroid dienone is 6. The molecule has 0 bridgehead atoms. The van der Waals surface area contributed by atoms with Gasteiger partial charge in [-0.1, -0.05) is 294 Å². The standard InChI is InChI=1S/C61H117NO5/c1-3-5-7-9-11-13-15-17-19-20-21-22-23-24-25-26-27-28-29-30-31-32-33-34-35-36-37-38-39-41-43-45-47-49-51-53-55-59(65)61(67)62-57(56-63)60(66)58(64)54-52-50-48-46-44-42-40-18-16-14-12-10-8-6-4-2/h10,12,18,40,46,48,57-60,63-66H,3-9,11,13-17,19-39,41-45,47,49-56H2,1-2H3,(H,62,67)/b12-10+,40-18+,48-46+. The number of nitrogens with one attached hydrogen (secondary N) is 1. The van der Waals surface area contributed by atoms with Crippen LogP contribution in [0.5, 0.6) is 0 Å². The molecule has 67 heavy (non-hydrogen) atoms. The number of hydrogen-bond donors (Lipinski definition) is 5. The Kier molecular flexibility index (Phi) is 54.2. The van der Waals surface area contributed by atoms with Crippen LogP contribution in [0.15, 0.2) is 36.5 Å². The van der Waals surface area contributed by atoms with Crippen LogP contribution in [0.3, 0.4) is 0 Å². The average Bonchev–Trinajstić information content (AvgIpc) is 3.33. The van der Waals surface area contributed by atoms with Gasteiger partial charge in [0, 0.05) is 0 Å². The van der Waals surface area contributed by atoms with Gasteiger partial charge in [0.25, 0.3) is 0 Å². The van der Waals surface area contributed by atoms with Crippen LogP contribution in [0.4, 0.5) is 0 Å². The third-order valence-electron chi connectivity index (χ3n) is 14.1. The molecule has 6 nitrogen and oxygen atoms in total. The molecule has 0 radical (unpaired) electrons. The van der Waals surface area contributed by atoms with E-state index >= 15 is 0 Å². The van der Waals surface area contributed by atoms with Crippen LogP contribution in [-0.2, 0) is 4.79 Å². The van der Waals surface area contributed by atoms with Crippen molar-refractivity contribution in [2.75, 3.05) is 6.61 Å². The fraction of sp³-hybridized carbons (Fsp3) is 0.885. The summed E-state index contributed by atoms with van der Waals surface area (Å²) in [5.74, 6) is -0.595. The molecule has 0 aromatic heterocycles. The third kappa shape index (κ3) is 49.3. The van der Waals surface area contributed by atoms with Crippen molar-refractivity contribution in [2.24, 2.45) is 0 Å². The Morgan fingerprint density at radius 3 is 0.925 bits per heavy atom. The Hall–Kier alpha value is -1.47. The lowest BCUT2D eigenvalue weighted by Gasteiger charge is -2.27. The first-order chi connectivity index (χ1) is 33.0. The Morgan fingerprint density at radius 2 is 0.627 bits per heavy atom. The van der Waals surface area contributed by atoms with Crippen LogP contribution >= 0.6 is 0 Å². The lowest BCUT2D eigenvalue weighted by Crippen LogP contribution is -2.53. The highest BCUT2D eigenvalue weighted by molar-refractivity contribution is 5.80. The van der Waals surface area contributed by atoms with E-state index in [2.05, 4.69) is 55.6 Å². The summed E-state index contributed by atoms with van der Waals surface area (Å²) >= 11 is 0. The molecule has 0 spiro atoms. The number of carbonyl (C=O) groups excluding carboxylic acids is 1. The molecule has 396 valence electrons. The first kappa shape index (κ1) is 65.5. The number of aliphatic hydroxyl groups is 4. The topological polar surface area (TPSA) is 110 Å². The Bertz CT molecular complexity index is 1060. The number of carbonyl (C=O) groups is 1. The number of rotatable bonds is 55. The zero-order valence-corrected chi connectivity index (χ0v) is 44.9. The monoisotopic (exact) mass is 944 g/mol. The summed E-state index contributed by atoms with van der Waals surface area (Å²) in [6, 6.07) is -1.01. The van der Waals surface area contributed by atoms with E-state index in [9.17, 15) is 25.2 Å². The molecular weight excluding hydrogens is 827 g/mol. The molecule has 0 aromatic rings. The summed E-state index contributed by atoms with van der Waals surface area (Å²) in [7, 11) is 0. The Morgan fingerprint density at radius 1 is 0.358 bits per heavy atom. The van der Waals surface area contributed by atoms with Gasteiger partial charge in [0.05, 0.1) is 18.8 Å². The van der Waals surface area contributed by atoms with Gasteiger partial charge in [0.2, 0.25) is 5.91 Å². The van der Waals surface area contributed by atoms with E-state index in [0.29, 0.717) is 19.3 Å².